The smallest absolute Gasteiger partial charge is 0.374 e. The Balaban J connectivity index is 1.38. The topological polar surface area (TPSA) is 91.2 Å². The molecule has 3 heterocycles. The first-order chi connectivity index (χ1) is 13.7. The van der Waals surface area contributed by atoms with Gasteiger partial charge < -0.3 is 14.9 Å². The summed E-state index contributed by atoms with van der Waals surface area (Å²) in [5.74, 6) is 0.503. The Morgan fingerprint density at radius 3 is 2.93 bits per heavy atom. The van der Waals surface area contributed by atoms with Crippen LogP contribution in [0.15, 0.2) is 34.7 Å². The summed E-state index contributed by atoms with van der Waals surface area (Å²) in [4.78, 5) is 23.6. The molecule has 0 spiro atoms. The van der Waals surface area contributed by atoms with Gasteiger partial charge in [-0.1, -0.05) is 24.6 Å². The van der Waals surface area contributed by atoms with E-state index in [9.17, 15) is 4.79 Å². The lowest BCUT2D eigenvalue weighted by Crippen LogP contribution is -2.08. The molecular formula is C21H19N3O3S. The van der Waals surface area contributed by atoms with Gasteiger partial charge in [0.25, 0.3) is 0 Å². The normalized spacial score (nSPS) is 14.1. The molecule has 1 aliphatic rings. The van der Waals surface area contributed by atoms with Crippen molar-refractivity contribution < 1.29 is 13.9 Å². The second kappa shape index (κ2) is 6.91. The lowest BCUT2D eigenvalue weighted by Gasteiger charge is -2.05. The number of esters is 1. The van der Waals surface area contributed by atoms with Crippen molar-refractivity contribution >= 4 is 44.3 Å². The second-order valence-corrected chi connectivity index (χ2v) is 8.08. The Kier molecular flexibility index (Phi) is 4.24. The molecule has 0 amide bonds. The average molecular weight is 393 g/mol. The van der Waals surface area contributed by atoms with Gasteiger partial charge in [-0.15, -0.1) is 11.3 Å². The van der Waals surface area contributed by atoms with Gasteiger partial charge >= 0.3 is 5.97 Å². The molecule has 0 saturated heterocycles. The molecule has 0 bridgehead atoms. The van der Waals surface area contributed by atoms with Gasteiger partial charge in [-0.3, -0.25) is 0 Å². The zero-order valence-electron chi connectivity index (χ0n) is 15.2. The summed E-state index contributed by atoms with van der Waals surface area (Å²) in [6, 6.07) is 9.11. The van der Waals surface area contributed by atoms with Crippen molar-refractivity contribution in [3.63, 3.8) is 0 Å². The number of fused-ring (bicyclic) bond motifs is 4. The Morgan fingerprint density at radius 1 is 1.18 bits per heavy atom. The third kappa shape index (κ3) is 3.01. The van der Waals surface area contributed by atoms with Crippen molar-refractivity contribution in [2.45, 2.75) is 38.7 Å². The number of rotatable bonds is 3. The van der Waals surface area contributed by atoms with Crippen LogP contribution >= 0.6 is 11.3 Å². The minimum Gasteiger partial charge on any atom is -0.452 e. The van der Waals surface area contributed by atoms with Crippen LogP contribution in [0.25, 0.3) is 21.2 Å². The lowest BCUT2D eigenvalue weighted by molar-refractivity contribution is 0.0429. The maximum Gasteiger partial charge on any atom is 0.374 e. The number of aromatic nitrogens is 2. The van der Waals surface area contributed by atoms with Gasteiger partial charge in [0.1, 0.15) is 16.2 Å². The minimum atomic E-state index is -0.541. The van der Waals surface area contributed by atoms with Gasteiger partial charge in [-0.25, -0.2) is 14.8 Å². The van der Waals surface area contributed by atoms with Gasteiger partial charge in [0.15, 0.2) is 12.4 Å². The first kappa shape index (κ1) is 17.2. The fraction of sp³-hybridized carbons (Fsp3) is 0.286. The Morgan fingerprint density at radius 2 is 2.04 bits per heavy atom. The van der Waals surface area contributed by atoms with Crippen LogP contribution in [0.1, 0.15) is 46.1 Å². The van der Waals surface area contributed by atoms with E-state index in [2.05, 4.69) is 9.97 Å². The maximum atomic E-state index is 12.3. The summed E-state index contributed by atoms with van der Waals surface area (Å²) in [5, 5.41) is 1.84. The molecule has 6 nitrogen and oxygen atoms in total. The SMILES string of the molecule is Nc1nc(COC(=O)c2cc3ccccc3o2)nc2sc3c(c12)CCCCC3. The molecule has 28 heavy (non-hydrogen) atoms. The molecule has 0 fully saturated rings. The number of hydrogen-bond donors (Lipinski definition) is 1. The standard InChI is InChI=1S/C21H19N3O3S/c22-19-18-13-7-2-1-3-9-16(13)28-20(18)24-17(23-19)11-26-21(25)15-10-12-6-4-5-8-14(12)27-15/h4-6,8,10H,1-3,7,9,11H2,(H2,22,23,24). The molecule has 0 radical (unpaired) electrons. The first-order valence-corrected chi connectivity index (χ1v) is 10.2. The number of nitrogens with two attached hydrogens (primary N) is 1. The number of thiophene rings is 1. The fourth-order valence-corrected chi connectivity index (χ4v) is 5.04. The highest BCUT2D eigenvalue weighted by atomic mass is 32.1. The third-order valence-electron chi connectivity index (χ3n) is 5.10. The molecule has 4 aromatic rings. The van der Waals surface area contributed by atoms with Crippen LogP contribution in [-0.4, -0.2) is 15.9 Å². The Labute approximate surface area is 165 Å². The van der Waals surface area contributed by atoms with Crippen LogP contribution in [0, 0.1) is 0 Å². The molecular weight excluding hydrogens is 374 g/mol. The number of furan rings is 1. The number of aryl methyl sites for hydroxylation is 2. The van der Waals surface area contributed by atoms with E-state index in [4.69, 9.17) is 14.9 Å². The van der Waals surface area contributed by atoms with Crippen LogP contribution in [0.5, 0.6) is 0 Å². The number of nitrogen functional groups attached to an aromatic ring is 1. The van der Waals surface area contributed by atoms with Crippen molar-refractivity contribution in [2.24, 2.45) is 0 Å². The molecule has 0 unspecified atom stereocenters. The molecule has 0 atom stereocenters. The van der Waals surface area contributed by atoms with Crippen molar-refractivity contribution in [3.05, 3.63) is 52.4 Å². The molecule has 0 saturated carbocycles. The van der Waals surface area contributed by atoms with Gasteiger partial charge in [-0.2, -0.15) is 0 Å². The van der Waals surface area contributed by atoms with Crippen LogP contribution in [0.3, 0.4) is 0 Å². The predicted octanol–water partition coefficient (Wildman–Crippen LogP) is 4.65. The monoisotopic (exact) mass is 393 g/mol. The highest BCUT2D eigenvalue weighted by molar-refractivity contribution is 7.19. The average Bonchev–Trinajstić information content (AvgIpc) is 3.21. The van der Waals surface area contributed by atoms with E-state index < -0.39 is 5.97 Å². The van der Waals surface area contributed by atoms with Gasteiger partial charge in [0, 0.05) is 10.3 Å². The van der Waals surface area contributed by atoms with E-state index in [1.807, 2.05) is 24.3 Å². The van der Waals surface area contributed by atoms with Crippen LogP contribution in [-0.2, 0) is 24.2 Å². The first-order valence-electron chi connectivity index (χ1n) is 9.41. The van der Waals surface area contributed by atoms with E-state index in [0.29, 0.717) is 17.2 Å². The van der Waals surface area contributed by atoms with Gasteiger partial charge in [0.05, 0.1) is 5.39 Å². The number of hydrogen-bond acceptors (Lipinski definition) is 7. The van der Waals surface area contributed by atoms with E-state index in [1.54, 1.807) is 17.4 Å². The van der Waals surface area contributed by atoms with E-state index in [-0.39, 0.29) is 12.4 Å². The number of ether oxygens (including phenoxy) is 1. The van der Waals surface area contributed by atoms with Crippen LogP contribution < -0.4 is 5.73 Å². The highest BCUT2D eigenvalue weighted by Crippen LogP contribution is 2.37. The molecule has 7 heteroatoms. The number of nitrogens with zero attached hydrogens (tertiary/aromatic N) is 2. The van der Waals surface area contributed by atoms with Gasteiger partial charge in [0.2, 0.25) is 5.76 Å². The van der Waals surface area contributed by atoms with Crippen molar-refractivity contribution in [3.8, 4) is 0 Å². The minimum absolute atomic E-state index is 0.0431. The van der Waals surface area contributed by atoms with Crippen LogP contribution in [0.2, 0.25) is 0 Å². The zero-order valence-corrected chi connectivity index (χ0v) is 16.1. The molecule has 3 aromatic heterocycles. The van der Waals surface area contributed by atoms with Crippen molar-refractivity contribution in [2.75, 3.05) is 5.73 Å². The third-order valence-corrected chi connectivity index (χ3v) is 6.28. The van der Waals surface area contributed by atoms with Gasteiger partial charge in [-0.05, 0) is 43.4 Å². The summed E-state index contributed by atoms with van der Waals surface area (Å²) in [6.45, 7) is -0.0431. The number of benzene rings is 1. The Hall–Kier alpha value is -2.93. The van der Waals surface area contributed by atoms with E-state index in [0.717, 1.165) is 28.4 Å². The molecule has 2 N–H and O–H groups in total. The molecule has 5 rings (SSSR count). The summed E-state index contributed by atoms with van der Waals surface area (Å²) in [6.07, 6.45) is 5.74. The van der Waals surface area contributed by atoms with E-state index >= 15 is 0 Å². The molecule has 142 valence electrons. The number of carbonyl (C=O) groups is 1. The Bertz CT molecular complexity index is 1160. The second-order valence-electron chi connectivity index (χ2n) is 6.99. The number of anilines is 1. The zero-order chi connectivity index (χ0) is 19.1. The molecule has 0 aliphatic heterocycles. The summed E-state index contributed by atoms with van der Waals surface area (Å²) in [5.41, 5.74) is 8.20. The predicted molar refractivity (Wildman–Crippen MR) is 108 cm³/mol. The van der Waals surface area contributed by atoms with Crippen LogP contribution in [0.4, 0.5) is 5.82 Å². The highest BCUT2D eigenvalue weighted by Gasteiger charge is 2.20. The largest absolute Gasteiger partial charge is 0.452 e. The number of para-hydroxylation sites is 1. The molecule has 1 aromatic carbocycles. The van der Waals surface area contributed by atoms with Crippen molar-refractivity contribution in [1.29, 1.82) is 0 Å². The summed E-state index contributed by atoms with van der Waals surface area (Å²) < 4.78 is 10.9. The number of carbonyl (C=O) groups excluding carboxylic acids is 1. The summed E-state index contributed by atoms with van der Waals surface area (Å²) >= 11 is 1.68. The fourth-order valence-electron chi connectivity index (χ4n) is 3.76. The van der Waals surface area contributed by atoms with Crippen molar-refractivity contribution in [1.82, 2.24) is 9.97 Å². The molecule has 1 aliphatic carbocycles. The summed E-state index contributed by atoms with van der Waals surface area (Å²) in [7, 11) is 0. The maximum absolute atomic E-state index is 12.3. The van der Waals surface area contributed by atoms with E-state index in [1.165, 1.54) is 29.7 Å². The lowest BCUT2D eigenvalue weighted by atomic mass is 10.1. The quantitative estimate of drug-likeness (QED) is 0.402.